The summed E-state index contributed by atoms with van der Waals surface area (Å²) >= 11 is 0. The van der Waals surface area contributed by atoms with E-state index in [1.807, 2.05) is 24.3 Å². The first kappa shape index (κ1) is 13.4. The van der Waals surface area contributed by atoms with Crippen molar-refractivity contribution < 1.29 is 14.3 Å². The molecule has 5 nitrogen and oxygen atoms in total. The normalized spacial score (nSPS) is 23.4. The molecule has 1 saturated heterocycles. The van der Waals surface area contributed by atoms with Crippen LogP contribution in [0.15, 0.2) is 24.3 Å². The molecule has 0 aromatic heterocycles. The first-order chi connectivity index (χ1) is 9.66. The van der Waals surface area contributed by atoms with Crippen molar-refractivity contribution in [3.05, 3.63) is 24.3 Å². The van der Waals surface area contributed by atoms with Crippen molar-refractivity contribution in [2.24, 2.45) is 5.73 Å². The summed E-state index contributed by atoms with van der Waals surface area (Å²) in [5.41, 5.74) is 5.92. The van der Waals surface area contributed by atoms with E-state index in [-0.39, 0.29) is 12.0 Å². The zero-order chi connectivity index (χ0) is 14.0. The van der Waals surface area contributed by atoms with Crippen molar-refractivity contribution >= 4 is 11.6 Å². The number of ether oxygens (including phenoxy) is 2. The van der Waals surface area contributed by atoms with Gasteiger partial charge in [-0.05, 0) is 37.8 Å². The predicted octanol–water partition coefficient (Wildman–Crippen LogP) is 1.67. The van der Waals surface area contributed by atoms with Crippen LogP contribution in [0.25, 0.3) is 0 Å². The fourth-order valence-electron chi connectivity index (χ4n) is 2.25. The Balaban J connectivity index is 1.56. The topological polar surface area (TPSA) is 73.6 Å². The van der Waals surface area contributed by atoms with Gasteiger partial charge in [-0.25, -0.2) is 0 Å². The molecule has 2 fully saturated rings. The largest absolute Gasteiger partial charge is 0.491 e. The lowest BCUT2D eigenvalue weighted by atomic mass is 10.2. The highest BCUT2D eigenvalue weighted by atomic mass is 16.5. The van der Waals surface area contributed by atoms with E-state index < -0.39 is 5.54 Å². The molecule has 1 aliphatic carbocycles. The molecule has 1 saturated carbocycles. The number of rotatable bonds is 5. The van der Waals surface area contributed by atoms with Crippen LogP contribution in [0.3, 0.4) is 0 Å². The molecule has 5 heteroatoms. The van der Waals surface area contributed by atoms with Gasteiger partial charge in [0.25, 0.3) is 0 Å². The summed E-state index contributed by atoms with van der Waals surface area (Å²) in [6.07, 6.45) is 3.85. The van der Waals surface area contributed by atoms with E-state index in [0.717, 1.165) is 43.7 Å². The Morgan fingerprint density at radius 1 is 1.50 bits per heavy atom. The maximum Gasteiger partial charge on any atom is 0.244 e. The molecule has 1 aromatic rings. The van der Waals surface area contributed by atoms with Gasteiger partial charge >= 0.3 is 0 Å². The summed E-state index contributed by atoms with van der Waals surface area (Å²) in [7, 11) is 0. The van der Waals surface area contributed by atoms with Gasteiger partial charge in [-0.1, -0.05) is 6.07 Å². The Hall–Kier alpha value is -1.59. The Kier molecular flexibility index (Phi) is 3.63. The molecule has 0 bridgehead atoms. The van der Waals surface area contributed by atoms with Crippen LogP contribution in [0.2, 0.25) is 0 Å². The third-order valence-electron chi connectivity index (χ3n) is 3.79. The number of carbonyl (C=O) groups is 1. The highest BCUT2D eigenvalue weighted by Crippen LogP contribution is 2.33. The van der Waals surface area contributed by atoms with Gasteiger partial charge in [0.2, 0.25) is 5.91 Å². The average molecular weight is 276 g/mol. The van der Waals surface area contributed by atoms with Gasteiger partial charge < -0.3 is 20.5 Å². The summed E-state index contributed by atoms with van der Waals surface area (Å²) in [4.78, 5) is 11.9. The second kappa shape index (κ2) is 5.42. The van der Waals surface area contributed by atoms with Gasteiger partial charge in [0.15, 0.2) is 0 Å². The molecule has 108 valence electrons. The summed E-state index contributed by atoms with van der Waals surface area (Å²) in [6.45, 7) is 1.38. The average Bonchev–Trinajstić information content (AvgIpc) is 3.01. The molecular formula is C15H20N2O3. The Morgan fingerprint density at radius 3 is 3.05 bits per heavy atom. The molecule has 3 rings (SSSR count). The summed E-state index contributed by atoms with van der Waals surface area (Å²) in [5.74, 6) is 0.619. The molecule has 0 radical (unpaired) electrons. The monoisotopic (exact) mass is 276 g/mol. The maximum absolute atomic E-state index is 11.9. The molecule has 1 amide bonds. The molecule has 0 spiro atoms. The van der Waals surface area contributed by atoms with Crippen molar-refractivity contribution in [1.29, 1.82) is 0 Å². The van der Waals surface area contributed by atoms with E-state index in [2.05, 4.69) is 5.32 Å². The molecule has 1 heterocycles. The SMILES string of the molecule is NC1(C(=O)Nc2cccc(OCC3CCCO3)c2)CC1. The van der Waals surface area contributed by atoms with E-state index in [9.17, 15) is 4.79 Å². The molecular weight excluding hydrogens is 256 g/mol. The lowest BCUT2D eigenvalue weighted by molar-refractivity contribution is -0.118. The van der Waals surface area contributed by atoms with Crippen molar-refractivity contribution in [3.63, 3.8) is 0 Å². The first-order valence-corrected chi connectivity index (χ1v) is 7.10. The second-order valence-corrected chi connectivity index (χ2v) is 5.58. The van der Waals surface area contributed by atoms with Crippen molar-refractivity contribution in [2.45, 2.75) is 37.3 Å². The van der Waals surface area contributed by atoms with Crippen LogP contribution in [0.1, 0.15) is 25.7 Å². The van der Waals surface area contributed by atoms with E-state index in [4.69, 9.17) is 15.2 Å². The van der Waals surface area contributed by atoms with E-state index in [1.165, 1.54) is 0 Å². The summed E-state index contributed by atoms with van der Waals surface area (Å²) < 4.78 is 11.2. The maximum atomic E-state index is 11.9. The Bertz CT molecular complexity index is 494. The van der Waals surface area contributed by atoms with E-state index in [1.54, 1.807) is 0 Å². The van der Waals surface area contributed by atoms with Crippen molar-refractivity contribution in [1.82, 2.24) is 0 Å². The van der Waals surface area contributed by atoms with Crippen LogP contribution in [-0.2, 0) is 9.53 Å². The molecule has 1 unspecified atom stereocenters. The minimum Gasteiger partial charge on any atom is -0.491 e. The number of benzene rings is 1. The van der Waals surface area contributed by atoms with E-state index >= 15 is 0 Å². The predicted molar refractivity (Wildman–Crippen MR) is 75.7 cm³/mol. The summed E-state index contributed by atoms with van der Waals surface area (Å²) in [5, 5.41) is 2.84. The smallest absolute Gasteiger partial charge is 0.244 e. The molecule has 2 aliphatic rings. The molecule has 20 heavy (non-hydrogen) atoms. The minimum absolute atomic E-state index is 0.117. The van der Waals surface area contributed by atoms with Crippen molar-refractivity contribution in [2.75, 3.05) is 18.5 Å². The van der Waals surface area contributed by atoms with Crippen LogP contribution in [0.4, 0.5) is 5.69 Å². The zero-order valence-electron chi connectivity index (χ0n) is 11.4. The van der Waals surface area contributed by atoms with Gasteiger partial charge in [-0.2, -0.15) is 0 Å². The van der Waals surface area contributed by atoms with E-state index in [0.29, 0.717) is 6.61 Å². The highest BCUT2D eigenvalue weighted by Gasteiger charge is 2.45. The lowest BCUT2D eigenvalue weighted by Gasteiger charge is -2.13. The number of hydrogen-bond donors (Lipinski definition) is 2. The number of hydrogen-bond acceptors (Lipinski definition) is 4. The molecule has 1 aromatic carbocycles. The summed E-state index contributed by atoms with van der Waals surface area (Å²) in [6, 6.07) is 7.39. The lowest BCUT2D eigenvalue weighted by Crippen LogP contribution is -2.37. The van der Waals surface area contributed by atoms with Crippen LogP contribution in [0, 0.1) is 0 Å². The number of amides is 1. The first-order valence-electron chi connectivity index (χ1n) is 7.10. The molecule has 3 N–H and O–H groups in total. The molecule has 1 aliphatic heterocycles. The van der Waals surface area contributed by atoms with Gasteiger partial charge in [0.05, 0.1) is 11.6 Å². The fraction of sp³-hybridized carbons (Fsp3) is 0.533. The quantitative estimate of drug-likeness (QED) is 0.858. The van der Waals surface area contributed by atoms with Gasteiger partial charge in [-0.15, -0.1) is 0 Å². The second-order valence-electron chi connectivity index (χ2n) is 5.58. The van der Waals surface area contributed by atoms with Crippen LogP contribution in [-0.4, -0.2) is 30.8 Å². The van der Waals surface area contributed by atoms with Crippen molar-refractivity contribution in [3.8, 4) is 5.75 Å². The minimum atomic E-state index is -0.658. The fourth-order valence-corrected chi connectivity index (χ4v) is 2.25. The number of nitrogens with two attached hydrogens (primary N) is 1. The van der Waals surface area contributed by atoms with Gasteiger partial charge in [-0.3, -0.25) is 4.79 Å². The van der Waals surface area contributed by atoms with Crippen LogP contribution in [0.5, 0.6) is 5.75 Å². The number of anilines is 1. The van der Waals surface area contributed by atoms with Gasteiger partial charge in [0, 0.05) is 18.4 Å². The standard InChI is InChI=1S/C15H20N2O3/c16-15(6-7-15)14(18)17-11-3-1-4-12(9-11)20-10-13-5-2-8-19-13/h1,3-4,9,13H,2,5-8,10,16H2,(H,17,18). The van der Waals surface area contributed by atoms with Gasteiger partial charge in [0.1, 0.15) is 12.4 Å². The van der Waals surface area contributed by atoms with Crippen LogP contribution < -0.4 is 15.8 Å². The third-order valence-corrected chi connectivity index (χ3v) is 3.79. The third kappa shape index (κ3) is 3.11. The van der Waals surface area contributed by atoms with Crippen LogP contribution >= 0.6 is 0 Å². The number of carbonyl (C=O) groups excluding carboxylic acids is 1. The molecule has 1 atom stereocenters. The highest BCUT2D eigenvalue weighted by molar-refractivity contribution is 6.00. The Labute approximate surface area is 118 Å². The Morgan fingerprint density at radius 2 is 2.35 bits per heavy atom. The number of nitrogens with one attached hydrogen (secondary N) is 1. The zero-order valence-corrected chi connectivity index (χ0v) is 11.4.